The lowest BCUT2D eigenvalue weighted by Gasteiger charge is -2.19. The number of carbonyl (C=O) groups is 2. The van der Waals surface area contributed by atoms with Gasteiger partial charge in [-0.25, -0.2) is 5.43 Å². The average Bonchev–Trinajstić information content (AvgIpc) is 2.77. The summed E-state index contributed by atoms with van der Waals surface area (Å²) in [5.41, 5.74) is 4.12. The van der Waals surface area contributed by atoms with Crippen molar-refractivity contribution in [1.82, 2.24) is 10.7 Å². The monoisotopic (exact) mass is 519 g/mol. The number of carbonyl (C=O) groups excluding carboxylic acids is 2. The van der Waals surface area contributed by atoms with E-state index in [-0.39, 0.29) is 18.4 Å². The molecule has 0 saturated carbocycles. The molecule has 2 rings (SSSR count). The van der Waals surface area contributed by atoms with Gasteiger partial charge in [0.05, 0.1) is 24.9 Å². The van der Waals surface area contributed by atoms with Crippen LogP contribution in [-0.4, -0.2) is 44.9 Å². The minimum absolute atomic E-state index is 0.184. The lowest BCUT2D eigenvalue weighted by Crippen LogP contribution is -2.47. The van der Waals surface area contributed by atoms with Crippen molar-refractivity contribution in [2.75, 3.05) is 20.8 Å². The van der Waals surface area contributed by atoms with E-state index < -0.39 is 11.9 Å². The van der Waals surface area contributed by atoms with Gasteiger partial charge >= 0.3 is 0 Å². The second kappa shape index (κ2) is 12.8. The van der Waals surface area contributed by atoms with E-state index in [0.29, 0.717) is 33.7 Å². The predicted octanol–water partition coefficient (Wildman–Crippen LogP) is 3.83. The normalized spacial score (nSPS) is 11.8. The molecule has 0 radical (unpaired) electrons. The number of benzene rings is 2. The smallest absolute Gasteiger partial charge is 0.262 e. The third-order valence-corrected chi connectivity index (χ3v) is 5.24. The van der Waals surface area contributed by atoms with E-state index in [2.05, 4.69) is 31.8 Å². The summed E-state index contributed by atoms with van der Waals surface area (Å²) in [7, 11) is 3.08. The van der Waals surface area contributed by atoms with Crippen molar-refractivity contribution >= 4 is 34.0 Å². The van der Waals surface area contributed by atoms with Gasteiger partial charge in [0.25, 0.3) is 11.8 Å². The number of aryl methyl sites for hydroxylation is 1. The molecular formula is C24H30BrN3O5. The van der Waals surface area contributed by atoms with Gasteiger partial charge < -0.3 is 19.5 Å². The van der Waals surface area contributed by atoms with Gasteiger partial charge in [-0.05, 0) is 64.5 Å². The van der Waals surface area contributed by atoms with Crippen LogP contribution in [0.4, 0.5) is 0 Å². The molecule has 9 heteroatoms. The van der Waals surface area contributed by atoms with E-state index >= 15 is 0 Å². The van der Waals surface area contributed by atoms with E-state index in [4.69, 9.17) is 14.2 Å². The van der Waals surface area contributed by atoms with Gasteiger partial charge in [0.1, 0.15) is 11.8 Å². The van der Waals surface area contributed by atoms with Crippen molar-refractivity contribution in [2.45, 2.75) is 33.2 Å². The second-order valence-corrected chi connectivity index (χ2v) is 8.63. The van der Waals surface area contributed by atoms with E-state index in [1.54, 1.807) is 25.3 Å². The maximum atomic E-state index is 12.7. The first kappa shape index (κ1) is 26.2. The van der Waals surface area contributed by atoms with Gasteiger partial charge in [0.15, 0.2) is 18.1 Å². The van der Waals surface area contributed by atoms with Gasteiger partial charge in [-0.3, -0.25) is 9.59 Å². The van der Waals surface area contributed by atoms with Crippen LogP contribution in [0.2, 0.25) is 0 Å². The van der Waals surface area contributed by atoms with Crippen molar-refractivity contribution in [3.8, 4) is 17.2 Å². The number of nitrogens with zero attached hydrogens (tertiary/aromatic N) is 1. The van der Waals surface area contributed by atoms with Gasteiger partial charge in [-0.15, -0.1) is 0 Å². The fraction of sp³-hybridized carbons (Fsp3) is 0.375. The summed E-state index contributed by atoms with van der Waals surface area (Å²) >= 11 is 3.42. The lowest BCUT2D eigenvalue weighted by molar-refractivity contribution is -0.130. The summed E-state index contributed by atoms with van der Waals surface area (Å²) in [4.78, 5) is 25.1. The third-order valence-electron chi connectivity index (χ3n) is 4.66. The summed E-state index contributed by atoms with van der Waals surface area (Å²) in [6.45, 7) is 5.66. The first-order valence-electron chi connectivity index (χ1n) is 10.5. The fourth-order valence-electron chi connectivity index (χ4n) is 3.06. The number of amides is 2. The quantitative estimate of drug-likeness (QED) is 0.347. The summed E-state index contributed by atoms with van der Waals surface area (Å²) in [6, 6.07) is 10.2. The molecule has 8 nitrogen and oxygen atoms in total. The van der Waals surface area contributed by atoms with Gasteiger partial charge in [0, 0.05) is 0 Å². The van der Waals surface area contributed by atoms with Crippen molar-refractivity contribution < 1.29 is 23.8 Å². The van der Waals surface area contributed by atoms with E-state index in [1.165, 1.54) is 13.3 Å². The Kier molecular flexibility index (Phi) is 10.2. The minimum atomic E-state index is -0.743. The minimum Gasteiger partial charge on any atom is -0.493 e. The van der Waals surface area contributed by atoms with Gasteiger partial charge in [-0.2, -0.15) is 5.10 Å². The molecule has 0 aromatic heterocycles. The molecule has 0 aliphatic heterocycles. The highest BCUT2D eigenvalue weighted by atomic mass is 79.9. The molecule has 0 bridgehead atoms. The first-order valence-corrected chi connectivity index (χ1v) is 11.3. The van der Waals surface area contributed by atoms with Crippen molar-refractivity contribution in [2.24, 2.45) is 11.0 Å². The fourth-order valence-corrected chi connectivity index (χ4v) is 3.68. The van der Waals surface area contributed by atoms with Crippen LogP contribution in [-0.2, 0) is 9.59 Å². The molecule has 0 aliphatic carbocycles. The molecule has 0 spiro atoms. The maximum Gasteiger partial charge on any atom is 0.262 e. The van der Waals surface area contributed by atoms with Crippen LogP contribution in [0.3, 0.4) is 0 Å². The Hall–Kier alpha value is -3.07. The zero-order chi connectivity index (χ0) is 24.4. The molecule has 2 amide bonds. The van der Waals surface area contributed by atoms with Crippen LogP contribution in [0.5, 0.6) is 17.2 Å². The van der Waals surface area contributed by atoms with Crippen molar-refractivity contribution in [3.63, 3.8) is 0 Å². The molecular weight excluding hydrogens is 490 g/mol. The Morgan fingerprint density at radius 1 is 1.12 bits per heavy atom. The third kappa shape index (κ3) is 8.09. The Morgan fingerprint density at radius 2 is 1.85 bits per heavy atom. The lowest BCUT2D eigenvalue weighted by atomic mass is 10.0. The zero-order valence-corrected chi connectivity index (χ0v) is 21.1. The predicted molar refractivity (Wildman–Crippen MR) is 131 cm³/mol. The molecule has 178 valence electrons. The van der Waals surface area contributed by atoms with E-state index in [0.717, 1.165) is 5.56 Å². The summed E-state index contributed by atoms with van der Waals surface area (Å²) in [5, 5.41) is 6.76. The largest absolute Gasteiger partial charge is 0.493 e. The van der Waals surface area contributed by atoms with Crippen LogP contribution in [0.15, 0.2) is 46.0 Å². The van der Waals surface area contributed by atoms with Crippen LogP contribution >= 0.6 is 15.9 Å². The molecule has 1 atom stereocenters. The number of para-hydroxylation sites is 1. The number of hydrogen-bond acceptors (Lipinski definition) is 6. The summed E-state index contributed by atoms with van der Waals surface area (Å²) in [5.74, 6) is 1.10. The number of nitrogens with one attached hydrogen (secondary N) is 2. The Bertz CT molecular complexity index is 994. The molecule has 0 heterocycles. The second-order valence-electron chi connectivity index (χ2n) is 7.78. The van der Waals surface area contributed by atoms with Crippen molar-refractivity contribution in [1.29, 1.82) is 0 Å². The highest BCUT2D eigenvalue weighted by Crippen LogP contribution is 2.35. The van der Waals surface area contributed by atoms with Gasteiger partial charge in [0.2, 0.25) is 0 Å². The van der Waals surface area contributed by atoms with E-state index in [1.807, 2.05) is 39.0 Å². The molecule has 33 heavy (non-hydrogen) atoms. The van der Waals surface area contributed by atoms with Crippen molar-refractivity contribution in [3.05, 3.63) is 52.0 Å². The number of hydrogen-bond donors (Lipinski definition) is 2. The molecule has 2 aromatic carbocycles. The first-order chi connectivity index (χ1) is 15.7. The van der Waals surface area contributed by atoms with Crippen LogP contribution in [0.25, 0.3) is 0 Å². The van der Waals surface area contributed by atoms with Crippen LogP contribution in [0.1, 0.15) is 31.4 Å². The number of halogens is 1. The van der Waals surface area contributed by atoms with Crippen LogP contribution < -0.4 is 25.0 Å². The molecule has 0 fully saturated rings. The number of rotatable bonds is 11. The molecule has 2 N–H and O–H groups in total. The van der Waals surface area contributed by atoms with Gasteiger partial charge in [-0.1, -0.05) is 32.0 Å². The SMILES string of the molecule is COc1cc(/C=N\NC(=O)[C@@H](CC(C)C)NC(=O)COc2ccccc2C)cc(Br)c1OC. The Balaban J connectivity index is 2.00. The standard InChI is InChI=1S/C24H30BrN3O5/c1-15(2)10-19(27-22(29)14-33-20-9-7-6-8-16(20)3)24(30)28-26-13-17-11-18(25)23(32-5)21(12-17)31-4/h6-9,11-13,15,19H,10,14H2,1-5H3,(H,27,29)(H,28,30)/b26-13-/t19-/m1/s1. The summed E-state index contributed by atoms with van der Waals surface area (Å²) < 4.78 is 16.9. The number of ether oxygens (including phenoxy) is 3. The van der Waals surface area contributed by atoms with Crippen LogP contribution in [0, 0.1) is 12.8 Å². The van der Waals surface area contributed by atoms with E-state index in [9.17, 15) is 9.59 Å². The molecule has 0 saturated heterocycles. The molecule has 0 unspecified atom stereocenters. The molecule has 2 aromatic rings. The Labute approximate surface area is 202 Å². The number of hydrazone groups is 1. The maximum absolute atomic E-state index is 12.7. The highest BCUT2D eigenvalue weighted by molar-refractivity contribution is 9.10. The average molecular weight is 520 g/mol. The Morgan fingerprint density at radius 3 is 2.48 bits per heavy atom. The zero-order valence-electron chi connectivity index (χ0n) is 19.5. The molecule has 0 aliphatic rings. The summed E-state index contributed by atoms with van der Waals surface area (Å²) in [6.07, 6.45) is 1.94. The topological polar surface area (TPSA) is 98.2 Å². The number of methoxy groups -OCH3 is 2. The highest BCUT2D eigenvalue weighted by Gasteiger charge is 2.22.